The number of aromatic nitrogens is 1. The normalized spacial score (nSPS) is 10.4. The molecule has 1 aromatic heterocycles. The first-order chi connectivity index (χ1) is 11.5. The van der Waals surface area contributed by atoms with E-state index in [4.69, 9.17) is 14.4 Å². The number of para-hydroxylation sites is 1. The van der Waals surface area contributed by atoms with Gasteiger partial charge in [-0.2, -0.15) is 0 Å². The summed E-state index contributed by atoms with van der Waals surface area (Å²) in [6, 6.07) is 7.36. The molecule has 0 spiro atoms. The zero-order chi connectivity index (χ0) is 17.5. The number of carbonyl (C=O) groups excluding carboxylic acids is 1. The minimum absolute atomic E-state index is 0.0157. The van der Waals surface area contributed by atoms with Crippen LogP contribution in [0.15, 0.2) is 34.9 Å². The van der Waals surface area contributed by atoms with Crippen molar-refractivity contribution in [2.24, 2.45) is 0 Å². The van der Waals surface area contributed by atoms with E-state index in [0.29, 0.717) is 13.0 Å². The summed E-state index contributed by atoms with van der Waals surface area (Å²) >= 11 is 0. The van der Waals surface area contributed by atoms with Crippen LogP contribution in [0.1, 0.15) is 29.1 Å². The molecule has 7 nitrogen and oxygen atoms in total. The van der Waals surface area contributed by atoms with Crippen molar-refractivity contribution in [3.8, 4) is 5.75 Å². The Kier molecular flexibility index (Phi) is 5.89. The minimum atomic E-state index is -0.912. The van der Waals surface area contributed by atoms with Crippen LogP contribution in [0.5, 0.6) is 5.75 Å². The molecule has 8 heteroatoms. The number of carboxylic acid groups (broad SMARTS) is 1. The topological polar surface area (TPSA) is 92.9 Å². The fourth-order valence-corrected chi connectivity index (χ4v) is 1.96. The molecule has 0 fully saturated rings. The third kappa shape index (κ3) is 4.80. The van der Waals surface area contributed by atoms with Crippen LogP contribution in [-0.2, 0) is 11.4 Å². The average molecular weight is 336 g/mol. The Morgan fingerprint density at radius 3 is 2.83 bits per heavy atom. The molecule has 0 aliphatic rings. The predicted molar refractivity (Wildman–Crippen MR) is 81.1 cm³/mol. The molecular formula is C16H17FN2O5. The number of hydrogen-bond donors (Lipinski definition) is 1. The van der Waals surface area contributed by atoms with Gasteiger partial charge in [0.25, 0.3) is 5.91 Å². The molecular weight excluding hydrogens is 319 g/mol. The Morgan fingerprint density at radius 2 is 2.12 bits per heavy atom. The van der Waals surface area contributed by atoms with Gasteiger partial charge in [0.15, 0.2) is 23.0 Å². The average Bonchev–Trinajstić information content (AvgIpc) is 3.02. The number of aliphatic carboxylic acids is 1. The van der Waals surface area contributed by atoms with E-state index < -0.39 is 11.8 Å². The van der Waals surface area contributed by atoms with Gasteiger partial charge < -0.3 is 19.3 Å². The van der Waals surface area contributed by atoms with E-state index in [1.165, 1.54) is 23.1 Å². The SMILES string of the molecule is CN(CCCC(=O)O)C(=O)c1cc(COc2ccccc2F)on1. The molecule has 0 radical (unpaired) electrons. The fraction of sp³-hybridized carbons (Fsp3) is 0.312. The number of rotatable bonds is 8. The summed E-state index contributed by atoms with van der Waals surface area (Å²) in [7, 11) is 1.55. The summed E-state index contributed by atoms with van der Waals surface area (Å²) in [5, 5.41) is 12.2. The second kappa shape index (κ2) is 8.09. The number of hydrogen-bond acceptors (Lipinski definition) is 5. The summed E-state index contributed by atoms with van der Waals surface area (Å²) in [5.41, 5.74) is 0.0833. The van der Waals surface area contributed by atoms with Crippen LogP contribution < -0.4 is 4.74 Å². The van der Waals surface area contributed by atoms with Crippen molar-refractivity contribution in [2.75, 3.05) is 13.6 Å². The number of benzene rings is 1. The van der Waals surface area contributed by atoms with Crippen LogP contribution in [0.2, 0.25) is 0 Å². The second-order valence-electron chi connectivity index (χ2n) is 5.12. The van der Waals surface area contributed by atoms with Crippen molar-refractivity contribution in [3.63, 3.8) is 0 Å². The van der Waals surface area contributed by atoms with E-state index in [9.17, 15) is 14.0 Å². The Morgan fingerprint density at radius 1 is 1.38 bits per heavy atom. The molecule has 0 aliphatic carbocycles. The minimum Gasteiger partial charge on any atom is -0.482 e. The standard InChI is InChI=1S/C16H17FN2O5/c1-19(8-4-7-15(20)21)16(22)13-9-11(24-18-13)10-23-14-6-3-2-5-12(14)17/h2-3,5-6,9H,4,7-8,10H2,1H3,(H,20,21). The smallest absolute Gasteiger partial charge is 0.303 e. The lowest BCUT2D eigenvalue weighted by Gasteiger charge is -2.14. The molecule has 2 rings (SSSR count). The lowest BCUT2D eigenvalue weighted by Crippen LogP contribution is -2.28. The maximum Gasteiger partial charge on any atom is 0.303 e. The number of nitrogens with zero attached hydrogens (tertiary/aromatic N) is 2. The van der Waals surface area contributed by atoms with Gasteiger partial charge in [0, 0.05) is 26.1 Å². The van der Waals surface area contributed by atoms with Crippen LogP contribution in [0.3, 0.4) is 0 Å². The number of carbonyl (C=O) groups is 2. The van der Waals surface area contributed by atoms with Crippen molar-refractivity contribution >= 4 is 11.9 Å². The predicted octanol–water partition coefficient (Wildman–Crippen LogP) is 2.33. The summed E-state index contributed by atoms with van der Waals surface area (Å²) in [6.07, 6.45) is 0.330. The number of carboxylic acids is 1. The zero-order valence-corrected chi connectivity index (χ0v) is 13.1. The van der Waals surface area contributed by atoms with Crippen molar-refractivity contribution in [2.45, 2.75) is 19.4 Å². The van der Waals surface area contributed by atoms with Crippen LogP contribution in [0, 0.1) is 5.82 Å². The van der Waals surface area contributed by atoms with Gasteiger partial charge in [0.2, 0.25) is 0 Å². The first-order valence-electron chi connectivity index (χ1n) is 7.27. The summed E-state index contributed by atoms with van der Waals surface area (Å²) in [4.78, 5) is 23.9. The van der Waals surface area contributed by atoms with Crippen molar-refractivity contribution < 1.29 is 28.3 Å². The van der Waals surface area contributed by atoms with Crippen LogP contribution in [0.4, 0.5) is 4.39 Å². The van der Waals surface area contributed by atoms with E-state index in [2.05, 4.69) is 5.16 Å². The number of halogens is 1. The Balaban J connectivity index is 1.89. The first kappa shape index (κ1) is 17.5. The maximum atomic E-state index is 13.4. The molecule has 24 heavy (non-hydrogen) atoms. The van der Waals surface area contributed by atoms with E-state index in [0.717, 1.165) is 0 Å². The molecule has 1 aromatic carbocycles. The van der Waals surface area contributed by atoms with Crippen LogP contribution in [0.25, 0.3) is 0 Å². The zero-order valence-electron chi connectivity index (χ0n) is 13.1. The molecule has 0 aliphatic heterocycles. The third-order valence-corrected chi connectivity index (χ3v) is 3.22. The van der Waals surface area contributed by atoms with E-state index >= 15 is 0 Å². The highest BCUT2D eigenvalue weighted by Crippen LogP contribution is 2.17. The molecule has 0 saturated carbocycles. The molecule has 0 unspecified atom stereocenters. The van der Waals surface area contributed by atoms with Crippen LogP contribution >= 0.6 is 0 Å². The lowest BCUT2D eigenvalue weighted by atomic mass is 10.2. The molecule has 0 saturated heterocycles. The summed E-state index contributed by atoms with van der Waals surface area (Å²) in [6.45, 7) is 0.225. The Hall–Kier alpha value is -2.90. The third-order valence-electron chi connectivity index (χ3n) is 3.22. The van der Waals surface area contributed by atoms with E-state index in [1.807, 2.05) is 0 Å². The fourth-order valence-electron chi connectivity index (χ4n) is 1.96. The summed E-state index contributed by atoms with van der Waals surface area (Å²) < 4.78 is 23.7. The highest BCUT2D eigenvalue weighted by atomic mass is 19.1. The largest absolute Gasteiger partial charge is 0.482 e. The van der Waals surface area contributed by atoms with E-state index in [-0.39, 0.29) is 36.1 Å². The highest BCUT2D eigenvalue weighted by molar-refractivity contribution is 5.92. The molecule has 0 atom stereocenters. The van der Waals surface area contributed by atoms with Gasteiger partial charge in [0.1, 0.15) is 6.61 Å². The van der Waals surface area contributed by atoms with Crippen molar-refractivity contribution in [1.29, 1.82) is 0 Å². The van der Waals surface area contributed by atoms with Gasteiger partial charge in [-0.3, -0.25) is 9.59 Å². The molecule has 0 bridgehead atoms. The number of amides is 1. The Bertz CT molecular complexity index is 716. The van der Waals surface area contributed by atoms with E-state index in [1.54, 1.807) is 19.2 Å². The monoisotopic (exact) mass is 336 g/mol. The maximum absolute atomic E-state index is 13.4. The number of ether oxygens (including phenoxy) is 1. The van der Waals surface area contributed by atoms with Gasteiger partial charge in [-0.05, 0) is 18.6 Å². The van der Waals surface area contributed by atoms with Crippen molar-refractivity contribution in [1.82, 2.24) is 10.1 Å². The molecule has 128 valence electrons. The van der Waals surface area contributed by atoms with Gasteiger partial charge in [0.05, 0.1) is 0 Å². The molecule has 1 N–H and O–H groups in total. The molecule has 1 heterocycles. The summed E-state index contributed by atoms with van der Waals surface area (Å²) in [5.74, 6) is -1.44. The highest BCUT2D eigenvalue weighted by Gasteiger charge is 2.17. The van der Waals surface area contributed by atoms with Crippen LogP contribution in [-0.4, -0.2) is 40.6 Å². The Labute approximate surface area is 137 Å². The van der Waals surface area contributed by atoms with Gasteiger partial charge >= 0.3 is 5.97 Å². The van der Waals surface area contributed by atoms with Gasteiger partial charge in [-0.1, -0.05) is 17.3 Å². The quantitative estimate of drug-likeness (QED) is 0.795. The lowest BCUT2D eigenvalue weighted by molar-refractivity contribution is -0.137. The first-order valence-corrected chi connectivity index (χ1v) is 7.27. The molecule has 2 aromatic rings. The molecule has 1 amide bonds. The van der Waals surface area contributed by atoms with Gasteiger partial charge in [-0.25, -0.2) is 4.39 Å². The van der Waals surface area contributed by atoms with Crippen molar-refractivity contribution in [3.05, 3.63) is 47.6 Å². The second-order valence-corrected chi connectivity index (χ2v) is 5.12. The van der Waals surface area contributed by atoms with Gasteiger partial charge in [-0.15, -0.1) is 0 Å².